The second kappa shape index (κ2) is 2.88. The van der Waals surface area contributed by atoms with Crippen molar-refractivity contribution in [3.8, 4) is 0 Å². The molecule has 0 aliphatic carbocycles. The summed E-state index contributed by atoms with van der Waals surface area (Å²) in [5.74, 6) is 0.921. The standard InChI is InChI=1S/C8H11NO2/c1-5-3-4-7(11-5)8(10)6(2)9/h3-4,6H,9H2,1-2H3. The van der Waals surface area contributed by atoms with Crippen molar-refractivity contribution in [1.82, 2.24) is 0 Å². The van der Waals surface area contributed by atoms with Crippen molar-refractivity contribution in [2.24, 2.45) is 5.73 Å². The molecule has 0 spiro atoms. The zero-order chi connectivity index (χ0) is 8.43. The molecular formula is C8H11NO2. The molecule has 0 bridgehead atoms. The molecule has 0 amide bonds. The van der Waals surface area contributed by atoms with Gasteiger partial charge in [0.1, 0.15) is 5.76 Å². The molecule has 0 saturated carbocycles. The molecule has 0 radical (unpaired) electrons. The van der Waals surface area contributed by atoms with Gasteiger partial charge < -0.3 is 10.2 Å². The first kappa shape index (κ1) is 8.01. The Morgan fingerprint density at radius 3 is 2.64 bits per heavy atom. The van der Waals surface area contributed by atoms with Crippen LogP contribution < -0.4 is 5.73 Å². The zero-order valence-electron chi connectivity index (χ0n) is 6.63. The van der Waals surface area contributed by atoms with Gasteiger partial charge in [-0.3, -0.25) is 4.79 Å². The lowest BCUT2D eigenvalue weighted by molar-refractivity contribution is 0.0939. The number of rotatable bonds is 2. The van der Waals surface area contributed by atoms with Gasteiger partial charge in [0.05, 0.1) is 6.04 Å². The van der Waals surface area contributed by atoms with Crippen molar-refractivity contribution < 1.29 is 9.21 Å². The van der Waals surface area contributed by atoms with Crippen molar-refractivity contribution in [3.63, 3.8) is 0 Å². The van der Waals surface area contributed by atoms with Crippen LogP contribution in [0.5, 0.6) is 0 Å². The van der Waals surface area contributed by atoms with Crippen LogP contribution in [0.1, 0.15) is 23.2 Å². The molecule has 0 aliphatic heterocycles. The van der Waals surface area contributed by atoms with Gasteiger partial charge in [-0.1, -0.05) is 0 Å². The summed E-state index contributed by atoms with van der Waals surface area (Å²) < 4.78 is 5.08. The maximum absolute atomic E-state index is 11.1. The Morgan fingerprint density at radius 2 is 2.27 bits per heavy atom. The summed E-state index contributed by atoms with van der Waals surface area (Å²) in [5, 5.41) is 0. The summed E-state index contributed by atoms with van der Waals surface area (Å²) in [4.78, 5) is 11.1. The lowest BCUT2D eigenvalue weighted by atomic mass is 10.2. The van der Waals surface area contributed by atoms with Crippen LogP contribution in [0.25, 0.3) is 0 Å². The third-order valence-electron chi connectivity index (χ3n) is 1.40. The smallest absolute Gasteiger partial charge is 0.214 e. The summed E-state index contributed by atoms with van der Waals surface area (Å²) in [6.07, 6.45) is 0. The van der Waals surface area contributed by atoms with Gasteiger partial charge in [-0.2, -0.15) is 0 Å². The first-order valence-electron chi connectivity index (χ1n) is 3.47. The van der Waals surface area contributed by atoms with E-state index in [0.717, 1.165) is 5.76 Å². The van der Waals surface area contributed by atoms with Crippen molar-refractivity contribution in [2.75, 3.05) is 0 Å². The van der Waals surface area contributed by atoms with Crippen LogP contribution in [-0.4, -0.2) is 11.8 Å². The highest BCUT2D eigenvalue weighted by atomic mass is 16.3. The summed E-state index contributed by atoms with van der Waals surface area (Å²) in [6, 6.07) is 2.90. The van der Waals surface area contributed by atoms with Crippen LogP contribution in [0.3, 0.4) is 0 Å². The Hall–Kier alpha value is -1.09. The molecule has 1 aromatic rings. The number of ketones is 1. The van der Waals surface area contributed by atoms with Gasteiger partial charge in [0.15, 0.2) is 5.76 Å². The predicted molar refractivity (Wildman–Crippen MR) is 41.4 cm³/mol. The number of furan rings is 1. The Balaban J connectivity index is 2.85. The Labute approximate surface area is 65.2 Å². The van der Waals surface area contributed by atoms with Crippen molar-refractivity contribution in [1.29, 1.82) is 0 Å². The van der Waals surface area contributed by atoms with E-state index in [1.165, 1.54) is 0 Å². The molecule has 1 aromatic heterocycles. The summed E-state index contributed by atoms with van der Waals surface area (Å²) in [7, 11) is 0. The molecule has 1 rings (SSSR count). The number of hydrogen-bond donors (Lipinski definition) is 1. The molecule has 2 N–H and O–H groups in total. The zero-order valence-corrected chi connectivity index (χ0v) is 6.63. The van der Waals surface area contributed by atoms with Gasteiger partial charge in [-0.15, -0.1) is 0 Å². The van der Waals surface area contributed by atoms with E-state index < -0.39 is 6.04 Å². The highest BCUT2D eigenvalue weighted by Crippen LogP contribution is 2.07. The van der Waals surface area contributed by atoms with E-state index in [1.54, 1.807) is 26.0 Å². The summed E-state index contributed by atoms with van der Waals surface area (Å²) in [5.41, 5.74) is 5.37. The highest BCUT2D eigenvalue weighted by molar-refractivity contribution is 5.97. The van der Waals surface area contributed by atoms with Crippen LogP contribution in [0.2, 0.25) is 0 Å². The summed E-state index contributed by atoms with van der Waals surface area (Å²) >= 11 is 0. The fraction of sp³-hybridized carbons (Fsp3) is 0.375. The molecule has 1 atom stereocenters. The van der Waals surface area contributed by atoms with Crippen LogP contribution in [-0.2, 0) is 0 Å². The van der Waals surface area contributed by atoms with Crippen molar-refractivity contribution in [3.05, 3.63) is 23.7 Å². The van der Waals surface area contributed by atoms with E-state index in [0.29, 0.717) is 5.76 Å². The van der Waals surface area contributed by atoms with Gasteiger partial charge in [0.2, 0.25) is 5.78 Å². The Bertz CT molecular complexity index is 263. The molecule has 1 unspecified atom stereocenters. The lowest BCUT2D eigenvalue weighted by Crippen LogP contribution is -2.26. The van der Waals surface area contributed by atoms with Gasteiger partial charge in [0, 0.05) is 0 Å². The van der Waals surface area contributed by atoms with Gasteiger partial charge in [-0.05, 0) is 26.0 Å². The fourth-order valence-electron chi connectivity index (χ4n) is 0.791. The first-order chi connectivity index (χ1) is 5.11. The van der Waals surface area contributed by atoms with Gasteiger partial charge >= 0.3 is 0 Å². The number of nitrogens with two attached hydrogens (primary N) is 1. The van der Waals surface area contributed by atoms with E-state index >= 15 is 0 Å². The summed E-state index contributed by atoms with van der Waals surface area (Å²) in [6.45, 7) is 3.43. The molecule has 60 valence electrons. The number of aryl methyl sites for hydroxylation is 1. The van der Waals surface area contributed by atoms with Crippen LogP contribution >= 0.6 is 0 Å². The topological polar surface area (TPSA) is 56.2 Å². The lowest BCUT2D eigenvalue weighted by Gasteiger charge is -1.98. The van der Waals surface area contributed by atoms with Crippen LogP contribution in [0.15, 0.2) is 16.5 Å². The maximum Gasteiger partial charge on any atom is 0.214 e. The van der Waals surface area contributed by atoms with E-state index in [-0.39, 0.29) is 5.78 Å². The molecule has 0 fully saturated rings. The Morgan fingerprint density at radius 1 is 1.64 bits per heavy atom. The first-order valence-corrected chi connectivity index (χ1v) is 3.47. The van der Waals surface area contributed by atoms with E-state index in [9.17, 15) is 4.79 Å². The molecule has 3 nitrogen and oxygen atoms in total. The molecule has 0 saturated heterocycles. The molecule has 0 aliphatic rings. The van der Waals surface area contributed by atoms with E-state index in [1.807, 2.05) is 0 Å². The average molecular weight is 153 g/mol. The fourth-order valence-corrected chi connectivity index (χ4v) is 0.791. The molecule has 11 heavy (non-hydrogen) atoms. The SMILES string of the molecule is Cc1ccc(C(=O)C(C)N)o1. The monoisotopic (exact) mass is 153 g/mol. The largest absolute Gasteiger partial charge is 0.458 e. The molecule has 0 aromatic carbocycles. The minimum atomic E-state index is -0.486. The van der Waals surface area contributed by atoms with E-state index in [4.69, 9.17) is 10.2 Å². The van der Waals surface area contributed by atoms with Gasteiger partial charge in [0.25, 0.3) is 0 Å². The molecule has 3 heteroatoms. The van der Waals surface area contributed by atoms with Gasteiger partial charge in [-0.25, -0.2) is 0 Å². The average Bonchev–Trinajstić information content (AvgIpc) is 2.34. The number of carbonyl (C=O) groups excluding carboxylic acids is 1. The minimum Gasteiger partial charge on any atom is -0.458 e. The maximum atomic E-state index is 11.1. The third kappa shape index (κ3) is 1.68. The normalized spacial score (nSPS) is 13.0. The predicted octanol–water partition coefficient (Wildman–Crippen LogP) is 1.12. The van der Waals surface area contributed by atoms with Crippen LogP contribution in [0.4, 0.5) is 0 Å². The molecule has 1 heterocycles. The van der Waals surface area contributed by atoms with E-state index in [2.05, 4.69) is 0 Å². The second-order valence-electron chi connectivity index (χ2n) is 2.56. The van der Waals surface area contributed by atoms with Crippen molar-refractivity contribution in [2.45, 2.75) is 19.9 Å². The second-order valence-corrected chi connectivity index (χ2v) is 2.56. The third-order valence-corrected chi connectivity index (χ3v) is 1.40. The number of Topliss-reactive ketones (excluding diaryl/α,β-unsaturated/α-hetero) is 1. The van der Waals surface area contributed by atoms with Crippen molar-refractivity contribution >= 4 is 5.78 Å². The number of carbonyl (C=O) groups is 1. The Kier molecular flexibility index (Phi) is 2.10. The number of hydrogen-bond acceptors (Lipinski definition) is 3. The highest BCUT2D eigenvalue weighted by Gasteiger charge is 2.13. The van der Waals surface area contributed by atoms with Crippen LogP contribution in [0, 0.1) is 6.92 Å². The quantitative estimate of drug-likeness (QED) is 0.647. The molecular weight excluding hydrogens is 142 g/mol. The minimum absolute atomic E-state index is 0.155.